The molecule has 0 spiro atoms. The van der Waals surface area contributed by atoms with E-state index in [9.17, 15) is 4.79 Å². The second-order valence-electron chi connectivity index (χ2n) is 4.16. The van der Waals surface area contributed by atoms with Gasteiger partial charge in [-0.3, -0.25) is 10.1 Å². The van der Waals surface area contributed by atoms with E-state index in [1.54, 1.807) is 10.9 Å². The summed E-state index contributed by atoms with van der Waals surface area (Å²) in [5.74, 6) is -0.888. The summed E-state index contributed by atoms with van der Waals surface area (Å²) in [6.07, 6.45) is 2.16. The van der Waals surface area contributed by atoms with E-state index in [1.807, 2.05) is 6.07 Å². The summed E-state index contributed by atoms with van der Waals surface area (Å²) >= 11 is 0. The van der Waals surface area contributed by atoms with Gasteiger partial charge in [0.2, 0.25) is 6.35 Å². The molecular formula is C10H13N3O3. The molecule has 1 aliphatic heterocycles. The van der Waals surface area contributed by atoms with Crippen LogP contribution in [0.4, 0.5) is 0 Å². The first-order valence-electron chi connectivity index (χ1n) is 5.38. The molecule has 2 aliphatic rings. The molecule has 1 aromatic heterocycles. The summed E-state index contributed by atoms with van der Waals surface area (Å²) in [5, 5.41) is 16.2. The van der Waals surface area contributed by atoms with Gasteiger partial charge < -0.3 is 9.84 Å². The molecule has 86 valence electrons. The van der Waals surface area contributed by atoms with Crippen LogP contribution in [-0.4, -0.2) is 34.0 Å². The second kappa shape index (κ2) is 3.57. The smallest absolute Gasteiger partial charge is 0.307 e. The monoisotopic (exact) mass is 223 g/mol. The number of rotatable bonds is 3. The lowest BCUT2D eigenvalue weighted by atomic mass is 10.2. The lowest BCUT2D eigenvalue weighted by Gasteiger charge is -2.13. The Morgan fingerprint density at radius 2 is 2.56 bits per heavy atom. The zero-order valence-electron chi connectivity index (χ0n) is 8.67. The van der Waals surface area contributed by atoms with Crippen LogP contribution < -0.4 is 5.32 Å². The highest BCUT2D eigenvalue weighted by Crippen LogP contribution is 2.47. The fraction of sp³-hybridized carbons (Fsp3) is 0.600. The number of carbonyl (C=O) groups is 1. The van der Waals surface area contributed by atoms with Crippen molar-refractivity contribution < 1.29 is 14.6 Å². The topological polar surface area (TPSA) is 76.4 Å². The van der Waals surface area contributed by atoms with E-state index in [4.69, 9.17) is 9.84 Å². The molecule has 2 fully saturated rings. The highest BCUT2D eigenvalue weighted by atomic mass is 16.5. The maximum absolute atomic E-state index is 10.8. The summed E-state index contributed by atoms with van der Waals surface area (Å²) in [6.45, 7) is 1.47. The zero-order chi connectivity index (χ0) is 11.1. The van der Waals surface area contributed by atoms with Gasteiger partial charge in [-0.05, 0) is 12.5 Å². The molecule has 1 unspecified atom stereocenters. The molecule has 2 heterocycles. The van der Waals surface area contributed by atoms with E-state index in [1.165, 1.54) is 0 Å². The standard InChI is InChI=1S/C10H13N3O3/c14-9(15)7-5-6(7)8-1-2-12-13(8)10-11-3-4-16-10/h1-2,6-7,10-11H,3-5H2,(H,14,15)/t6-,7-,10?/m1/s1. The molecule has 0 radical (unpaired) electrons. The second-order valence-corrected chi connectivity index (χ2v) is 4.16. The summed E-state index contributed by atoms with van der Waals surface area (Å²) in [7, 11) is 0. The summed E-state index contributed by atoms with van der Waals surface area (Å²) in [6, 6.07) is 1.87. The Morgan fingerprint density at radius 3 is 3.19 bits per heavy atom. The van der Waals surface area contributed by atoms with Gasteiger partial charge in [0.05, 0.1) is 12.5 Å². The number of ether oxygens (including phenoxy) is 1. The highest BCUT2D eigenvalue weighted by molar-refractivity contribution is 5.75. The van der Waals surface area contributed by atoms with E-state index < -0.39 is 5.97 Å². The van der Waals surface area contributed by atoms with Crippen molar-refractivity contribution in [1.82, 2.24) is 15.1 Å². The molecule has 0 aromatic carbocycles. The van der Waals surface area contributed by atoms with Crippen LogP contribution in [-0.2, 0) is 9.53 Å². The Morgan fingerprint density at radius 1 is 1.69 bits per heavy atom. The number of hydrogen-bond donors (Lipinski definition) is 2. The van der Waals surface area contributed by atoms with Crippen molar-refractivity contribution in [2.45, 2.75) is 18.7 Å². The average Bonchev–Trinajstić information content (AvgIpc) is 2.72. The highest BCUT2D eigenvalue weighted by Gasteiger charge is 2.46. The zero-order valence-corrected chi connectivity index (χ0v) is 8.67. The maximum atomic E-state index is 10.8. The molecule has 1 aromatic rings. The average molecular weight is 223 g/mol. The van der Waals surface area contributed by atoms with Gasteiger partial charge in [0.25, 0.3) is 0 Å². The third-order valence-corrected chi connectivity index (χ3v) is 3.11. The van der Waals surface area contributed by atoms with Crippen LogP contribution in [0.5, 0.6) is 0 Å². The Hall–Kier alpha value is -1.40. The predicted molar refractivity (Wildman–Crippen MR) is 53.7 cm³/mol. The van der Waals surface area contributed by atoms with Gasteiger partial charge in [0, 0.05) is 24.4 Å². The van der Waals surface area contributed by atoms with Crippen molar-refractivity contribution in [3.8, 4) is 0 Å². The lowest BCUT2D eigenvalue weighted by Crippen LogP contribution is -2.23. The van der Waals surface area contributed by atoms with Crippen LogP contribution >= 0.6 is 0 Å². The fourth-order valence-corrected chi connectivity index (χ4v) is 2.18. The largest absolute Gasteiger partial charge is 0.481 e. The molecule has 0 bridgehead atoms. The van der Waals surface area contributed by atoms with E-state index in [2.05, 4.69) is 10.4 Å². The third-order valence-electron chi connectivity index (χ3n) is 3.11. The van der Waals surface area contributed by atoms with Crippen molar-refractivity contribution in [1.29, 1.82) is 0 Å². The van der Waals surface area contributed by atoms with Crippen LogP contribution in [0.3, 0.4) is 0 Å². The van der Waals surface area contributed by atoms with Gasteiger partial charge >= 0.3 is 5.97 Å². The van der Waals surface area contributed by atoms with E-state index in [-0.39, 0.29) is 18.2 Å². The first-order chi connectivity index (χ1) is 7.77. The molecule has 6 heteroatoms. The number of carboxylic acids is 1. The van der Waals surface area contributed by atoms with E-state index in [0.29, 0.717) is 13.0 Å². The van der Waals surface area contributed by atoms with Gasteiger partial charge in [-0.15, -0.1) is 0 Å². The number of carboxylic acid groups (broad SMARTS) is 1. The number of aromatic nitrogens is 2. The molecule has 3 atom stereocenters. The lowest BCUT2D eigenvalue weighted by molar-refractivity contribution is -0.138. The van der Waals surface area contributed by atoms with Crippen molar-refractivity contribution in [3.05, 3.63) is 18.0 Å². The van der Waals surface area contributed by atoms with Gasteiger partial charge in [0.15, 0.2) is 0 Å². The molecule has 3 rings (SSSR count). The maximum Gasteiger partial charge on any atom is 0.307 e. The van der Waals surface area contributed by atoms with Crippen LogP contribution in [0.25, 0.3) is 0 Å². The van der Waals surface area contributed by atoms with E-state index >= 15 is 0 Å². The minimum atomic E-state index is -0.724. The Kier molecular flexibility index (Phi) is 2.19. The van der Waals surface area contributed by atoms with Gasteiger partial charge in [0.1, 0.15) is 0 Å². The van der Waals surface area contributed by atoms with Crippen molar-refractivity contribution in [2.75, 3.05) is 13.2 Å². The number of aliphatic carboxylic acids is 1. The number of hydrogen-bond acceptors (Lipinski definition) is 4. The van der Waals surface area contributed by atoms with Crippen LogP contribution in [0, 0.1) is 5.92 Å². The molecule has 0 amide bonds. The first kappa shape index (κ1) is 9.80. The normalized spacial score (nSPS) is 32.9. The van der Waals surface area contributed by atoms with Gasteiger partial charge in [-0.2, -0.15) is 5.10 Å². The summed E-state index contributed by atoms with van der Waals surface area (Å²) in [4.78, 5) is 10.8. The summed E-state index contributed by atoms with van der Waals surface area (Å²) < 4.78 is 7.20. The van der Waals surface area contributed by atoms with Gasteiger partial charge in [-0.1, -0.05) is 0 Å². The molecule has 16 heavy (non-hydrogen) atoms. The van der Waals surface area contributed by atoms with Crippen LogP contribution in [0.15, 0.2) is 12.3 Å². The molecule has 6 nitrogen and oxygen atoms in total. The Balaban J connectivity index is 1.81. The van der Waals surface area contributed by atoms with Crippen LogP contribution in [0.2, 0.25) is 0 Å². The third kappa shape index (κ3) is 1.50. The molecular weight excluding hydrogens is 210 g/mol. The fourth-order valence-electron chi connectivity index (χ4n) is 2.18. The molecule has 1 saturated carbocycles. The number of nitrogens with zero attached hydrogens (tertiary/aromatic N) is 2. The van der Waals surface area contributed by atoms with E-state index in [0.717, 1.165) is 12.2 Å². The summed E-state index contributed by atoms with van der Waals surface area (Å²) in [5.41, 5.74) is 0.951. The number of nitrogens with one attached hydrogen (secondary N) is 1. The van der Waals surface area contributed by atoms with Crippen molar-refractivity contribution in [3.63, 3.8) is 0 Å². The van der Waals surface area contributed by atoms with Crippen LogP contribution in [0.1, 0.15) is 24.4 Å². The SMILES string of the molecule is O=C(O)[C@@H]1C[C@H]1c1ccnn1C1NCCO1. The van der Waals surface area contributed by atoms with Gasteiger partial charge in [-0.25, -0.2) is 4.68 Å². The first-order valence-corrected chi connectivity index (χ1v) is 5.38. The Bertz CT molecular complexity index is 411. The molecule has 1 saturated heterocycles. The van der Waals surface area contributed by atoms with Crippen molar-refractivity contribution in [2.24, 2.45) is 5.92 Å². The molecule has 1 aliphatic carbocycles. The molecule has 2 N–H and O–H groups in total. The quantitative estimate of drug-likeness (QED) is 0.762. The van der Waals surface area contributed by atoms with Crippen molar-refractivity contribution >= 4 is 5.97 Å². The predicted octanol–water partition coefficient (Wildman–Crippen LogP) is 0.147. The minimum Gasteiger partial charge on any atom is -0.481 e. The minimum absolute atomic E-state index is 0.0889. The Labute approximate surface area is 92.2 Å².